The van der Waals surface area contributed by atoms with Crippen LogP contribution in [0.1, 0.15) is 19.8 Å². The second-order valence-corrected chi connectivity index (χ2v) is 3.17. The van der Waals surface area contributed by atoms with Crippen LogP contribution >= 0.6 is 0 Å². The highest BCUT2D eigenvalue weighted by atomic mass is 16.9. The maximum atomic E-state index is 11.0. The molecule has 1 aliphatic rings. The molecule has 0 aromatic heterocycles. The van der Waals surface area contributed by atoms with Crippen LogP contribution in [0.15, 0.2) is 0 Å². The Morgan fingerprint density at radius 2 is 2.13 bits per heavy atom. The lowest BCUT2D eigenvalue weighted by Crippen LogP contribution is -2.49. The summed E-state index contributed by atoms with van der Waals surface area (Å²) >= 11 is 0. The van der Waals surface area contributed by atoms with Crippen LogP contribution in [-0.2, 0) is 19.1 Å². The standard InChI is InChI=1S/C8H12O7/c1-2-5(10)8(13)14-6(11)3-4(9)7(12)15-8/h4-5,9-10,13H,2-3H2,1H3. The maximum absolute atomic E-state index is 11.0. The molecule has 0 bridgehead atoms. The van der Waals surface area contributed by atoms with E-state index in [0.717, 1.165) is 0 Å². The second kappa shape index (κ2) is 4.13. The van der Waals surface area contributed by atoms with Crippen molar-refractivity contribution in [3.05, 3.63) is 0 Å². The fourth-order valence-corrected chi connectivity index (χ4v) is 1.07. The van der Waals surface area contributed by atoms with E-state index in [0.29, 0.717) is 0 Å². The first-order chi connectivity index (χ1) is 6.89. The minimum atomic E-state index is -2.71. The molecule has 0 saturated carbocycles. The van der Waals surface area contributed by atoms with Crippen LogP contribution in [0, 0.1) is 0 Å². The van der Waals surface area contributed by atoms with E-state index >= 15 is 0 Å². The molecule has 1 rings (SSSR count). The van der Waals surface area contributed by atoms with Gasteiger partial charge in [0.25, 0.3) is 0 Å². The van der Waals surface area contributed by atoms with Crippen LogP contribution < -0.4 is 0 Å². The SMILES string of the molecule is CCC(O)C1(O)OC(=O)CC(O)C(=O)O1. The Kier molecular flexibility index (Phi) is 3.28. The average molecular weight is 220 g/mol. The van der Waals surface area contributed by atoms with Crippen LogP contribution in [-0.4, -0.2) is 45.4 Å². The van der Waals surface area contributed by atoms with E-state index in [1.54, 1.807) is 0 Å². The summed E-state index contributed by atoms with van der Waals surface area (Å²) in [5.41, 5.74) is 0. The van der Waals surface area contributed by atoms with Crippen molar-refractivity contribution in [3.8, 4) is 0 Å². The monoisotopic (exact) mass is 220 g/mol. The van der Waals surface area contributed by atoms with Gasteiger partial charge in [0.1, 0.15) is 0 Å². The normalized spacial score (nSPS) is 34.0. The van der Waals surface area contributed by atoms with E-state index in [2.05, 4.69) is 9.47 Å². The van der Waals surface area contributed by atoms with Gasteiger partial charge in [-0.3, -0.25) is 4.79 Å². The predicted molar refractivity (Wildman–Crippen MR) is 44.1 cm³/mol. The summed E-state index contributed by atoms with van der Waals surface area (Å²) in [4.78, 5) is 22.0. The van der Waals surface area contributed by atoms with Gasteiger partial charge in [-0.2, -0.15) is 0 Å². The van der Waals surface area contributed by atoms with Gasteiger partial charge in [0.15, 0.2) is 12.2 Å². The zero-order valence-corrected chi connectivity index (χ0v) is 8.04. The Bertz CT molecular complexity index is 276. The van der Waals surface area contributed by atoms with Crippen molar-refractivity contribution in [3.63, 3.8) is 0 Å². The molecule has 0 spiro atoms. The summed E-state index contributed by atoms with van der Waals surface area (Å²) in [5, 5.41) is 27.9. The van der Waals surface area contributed by atoms with Gasteiger partial charge in [0, 0.05) is 0 Å². The third-order valence-corrected chi connectivity index (χ3v) is 1.95. The molecule has 86 valence electrons. The highest BCUT2D eigenvalue weighted by Crippen LogP contribution is 2.23. The molecule has 3 atom stereocenters. The number of hydrogen-bond acceptors (Lipinski definition) is 7. The molecule has 0 radical (unpaired) electrons. The Hall–Kier alpha value is -1.18. The van der Waals surface area contributed by atoms with Crippen molar-refractivity contribution in [2.24, 2.45) is 0 Å². The van der Waals surface area contributed by atoms with Crippen molar-refractivity contribution in [2.45, 2.75) is 37.9 Å². The van der Waals surface area contributed by atoms with Crippen LogP contribution in [0.3, 0.4) is 0 Å². The number of esters is 2. The molecule has 0 amide bonds. The molecule has 7 heteroatoms. The first kappa shape index (κ1) is 11.9. The smallest absolute Gasteiger partial charge is 0.396 e. The van der Waals surface area contributed by atoms with E-state index in [9.17, 15) is 19.8 Å². The largest absolute Gasteiger partial charge is 0.401 e. The fourth-order valence-electron chi connectivity index (χ4n) is 1.07. The van der Waals surface area contributed by atoms with Gasteiger partial charge in [0.05, 0.1) is 6.42 Å². The number of aliphatic hydroxyl groups excluding tert-OH is 2. The Labute approximate surface area is 85.2 Å². The van der Waals surface area contributed by atoms with Crippen LogP contribution in [0.2, 0.25) is 0 Å². The highest BCUT2D eigenvalue weighted by Gasteiger charge is 2.47. The van der Waals surface area contributed by atoms with Crippen molar-refractivity contribution in [1.29, 1.82) is 0 Å². The predicted octanol–water partition coefficient (Wildman–Crippen LogP) is -1.75. The molecular formula is C8H12O7. The van der Waals surface area contributed by atoms with Crippen LogP contribution in [0.5, 0.6) is 0 Å². The van der Waals surface area contributed by atoms with E-state index in [-0.39, 0.29) is 6.42 Å². The van der Waals surface area contributed by atoms with Crippen molar-refractivity contribution in [1.82, 2.24) is 0 Å². The summed E-state index contributed by atoms with van der Waals surface area (Å²) in [6.45, 7) is 1.49. The maximum Gasteiger partial charge on any atom is 0.401 e. The van der Waals surface area contributed by atoms with Crippen molar-refractivity contribution >= 4 is 11.9 Å². The molecule has 1 aliphatic heterocycles. The summed E-state index contributed by atoms with van der Waals surface area (Å²) in [6, 6.07) is 0. The van der Waals surface area contributed by atoms with Crippen LogP contribution in [0.4, 0.5) is 0 Å². The van der Waals surface area contributed by atoms with Gasteiger partial charge in [-0.15, -0.1) is 0 Å². The minimum absolute atomic E-state index is 0.00710. The summed E-state index contributed by atoms with van der Waals surface area (Å²) in [7, 11) is 0. The first-order valence-corrected chi connectivity index (χ1v) is 4.42. The van der Waals surface area contributed by atoms with Crippen molar-refractivity contribution < 1.29 is 34.4 Å². The molecule has 0 aromatic carbocycles. The Morgan fingerprint density at radius 3 is 2.67 bits per heavy atom. The molecule has 0 aliphatic carbocycles. The summed E-state index contributed by atoms with van der Waals surface area (Å²) in [6.07, 6.45) is -3.85. The van der Waals surface area contributed by atoms with Crippen LogP contribution in [0.25, 0.3) is 0 Å². The van der Waals surface area contributed by atoms with E-state index in [1.165, 1.54) is 6.92 Å². The fraction of sp³-hybridized carbons (Fsp3) is 0.750. The molecule has 3 N–H and O–H groups in total. The molecular weight excluding hydrogens is 208 g/mol. The number of aliphatic hydroxyl groups is 3. The molecule has 0 aromatic rings. The average Bonchev–Trinajstić information content (AvgIpc) is 2.23. The molecule has 1 saturated heterocycles. The first-order valence-electron chi connectivity index (χ1n) is 4.42. The lowest BCUT2D eigenvalue weighted by atomic mass is 10.2. The Morgan fingerprint density at radius 1 is 1.53 bits per heavy atom. The van der Waals surface area contributed by atoms with Crippen molar-refractivity contribution in [2.75, 3.05) is 0 Å². The van der Waals surface area contributed by atoms with Gasteiger partial charge >= 0.3 is 17.9 Å². The van der Waals surface area contributed by atoms with Gasteiger partial charge < -0.3 is 24.8 Å². The molecule has 1 fully saturated rings. The van der Waals surface area contributed by atoms with E-state index in [1.807, 2.05) is 0 Å². The Balaban J connectivity index is 2.90. The molecule has 1 heterocycles. The number of rotatable bonds is 2. The zero-order valence-electron chi connectivity index (χ0n) is 8.04. The number of carbonyl (C=O) groups is 2. The highest BCUT2D eigenvalue weighted by molar-refractivity contribution is 5.83. The number of ether oxygens (including phenoxy) is 2. The number of hydrogen-bond donors (Lipinski definition) is 3. The topological polar surface area (TPSA) is 113 Å². The van der Waals surface area contributed by atoms with Gasteiger partial charge in [0.2, 0.25) is 0 Å². The number of carbonyl (C=O) groups excluding carboxylic acids is 2. The lowest BCUT2D eigenvalue weighted by Gasteiger charge is -2.28. The minimum Gasteiger partial charge on any atom is -0.396 e. The zero-order chi connectivity index (χ0) is 11.6. The third kappa shape index (κ3) is 2.44. The van der Waals surface area contributed by atoms with Gasteiger partial charge in [-0.25, -0.2) is 4.79 Å². The number of cyclic esters (lactones) is 2. The van der Waals surface area contributed by atoms with E-state index < -0.39 is 36.5 Å². The van der Waals surface area contributed by atoms with E-state index in [4.69, 9.17) is 5.11 Å². The third-order valence-electron chi connectivity index (χ3n) is 1.95. The second-order valence-electron chi connectivity index (χ2n) is 3.17. The van der Waals surface area contributed by atoms with Gasteiger partial charge in [-0.1, -0.05) is 6.92 Å². The molecule has 7 nitrogen and oxygen atoms in total. The lowest BCUT2D eigenvalue weighted by molar-refractivity contribution is -0.358. The summed E-state index contributed by atoms with van der Waals surface area (Å²) in [5.74, 6) is -4.94. The quantitative estimate of drug-likeness (QED) is 0.473. The molecule has 15 heavy (non-hydrogen) atoms. The van der Waals surface area contributed by atoms with Gasteiger partial charge in [-0.05, 0) is 6.42 Å². The summed E-state index contributed by atoms with van der Waals surface area (Å²) < 4.78 is 8.66. The molecule has 3 unspecified atom stereocenters.